The monoisotopic (exact) mass is 199 g/mol. The molecule has 1 saturated heterocycles. The van der Waals surface area contributed by atoms with Crippen LogP contribution in [0.4, 0.5) is 0 Å². The number of hydrogen-bond acceptors (Lipinski definition) is 2. The molecule has 0 aromatic heterocycles. The van der Waals surface area contributed by atoms with Gasteiger partial charge in [0, 0.05) is 6.04 Å². The molecule has 1 aliphatic heterocycles. The predicted molar refractivity (Wildman–Crippen MR) is 60.4 cm³/mol. The number of hydrogen-bond donors (Lipinski definition) is 1. The van der Waals surface area contributed by atoms with Crippen LogP contribution in [0, 0.1) is 0 Å². The van der Waals surface area contributed by atoms with Crippen LogP contribution in [0.25, 0.3) is 0 Å². The van der Waals surface area contributed by atoms with Gasteiger partial charge in [0.1, 0.15) is 0 Å². The van der Waals surface area contributed by atoms with E-state index in [4.69, 9.17) is 0 Å². The van der Waals surface area contributed by atoms with Crippen molar-refractivity contribution in [3.05, 3.63) is 0 Å². The maximum Gasteiger partial charge on any atom is 0.0586 e. The highest BCUT2D eigenvalue weighted by Gasteiger charge is 2.20. The third kappa shape index (κ3) is 3.97. The fraction of sp³-hybridized carbons (Fsp3) is 1.00. The molecular weight excluding hydrogens is 174 g/mol. The highest BCUT2D eigenvalue weighted by molar-refractivity contribution is 4.75. The van der Waals surface area contributed by atoms with Crippen LogP contribution in [-0.2, 0) is 0 Å². The quantitative estimate of drug-likeness (QED) is 0.664. The molecule has 1 heterocycles. The van der Waals surface area contributed by atoms with Gasteiger partial charge in [0.05, 0.1) is 6.61 Å². The fourth-order valence-corrected chi connectivity index (χ4v) is 2.30. The molecule has 0 aliphatic carbocycles. The van der Waals surface area contributed by atoms with Gasteiger partial charge in [-0.2, -0.15) is 0 Å². The Morgan fingerprint density at radius 1 is 1.21 bits per heavy atom. The molecule has 1 rings (SSSR count). The van der Waals surface area contributed by atoms with E-state index in [2.05, 4.69) is 11.8 Å². The number of rotatable bonds is 6. The summed E-state index contributed by atoms with van der Waals surface area (Å²) in [7, 11) is 0. The van der Waals surface area contributed by atoms with Crippen molar-refractivity contribution in [3.8, 4) is 0 Å². The second kappa shape index (κ2) is 7.24. The Bertz CT molecular complexity index is 138. The summed E-state index contributed by atoms with van der Waals surface area (Å²) in [6.45, 7) is 5.01. The van der Waals surface area contributed by atoms with Gasteiger partial charge in [-0.25, -0.2) is 0 Å². The zero-order valence-corrected chi connectivity index (χ0v) is 9.54. The van der Waals surface area contributed by atoms with Gasteiger partial charge in [0.15, 0.2) is 0 Å². The zero-order valence-electron chi connectivity index (χ0n) is 9.54. The van der Waals surface area contributed by atoms with E-state index in [1.54, 1.807) is 0 Å². The molecule has 0 amide bonds. The van der Waals surface area contributed by atoms with Gasteiger partial charge < -0.3 is 5.11 Å². The first-order valence-electron chi connectivity index (χ1n) is 6.23. The molecule has 14 heavy (non-hydrogen) atoms. The third-order valence-corrected chi connectivity index (χ3v) is 3.26. The lowest BCUT2D eigenvalue weighted by molar-refractivity contribution is 0.0886. The molecule has 0 aromatic carbocycles. The predicted octanol–water partition coefficient (Wildman–Crippen LogP) is 2.41. The van der Waals surface area contributed by atoms with Gasteiger partial charge in [0.2, 0.25) is 0 Å². The average Bonchev–Trinajstić information content (AvgIpc) is 2.25. The van der Waals surface area contributed by atoms with Gasteiger partial charge >= 0.3 is 0 Å². The summed E-state index contributed by atoms with van der Waals surface area (Å²) in [5.74, 6) is 0. The Hall–Kier alpha value is -0.0800. The molecule has 2 heteroatoms. The van der Waals surface area contributed by atoms with Crippen molar-refractivity contribution in [2.75, 3.05) is 19.7 Å². The van der Waals surface area contributed by atoms with Crippen LogP contribution in [-0.4, -0.2) is 35.7 Å². The van der Waals surface area contributed by atoms with Gasteiger partial charge in [-0.15, -0.1) is 0 Å². The SMILES string of the molecule is CCCCCCN1CCCCC1CO. The van der Waals surface area contributed by atoms with E-state index < -0.39 is 0 Å². The Kier molecular flexibility index (Phi) is 6.20. The molecule has 1 N–H and O–H groups in total. The van der Waals surface area contributed by atoms with Crippen molar-refractivity contribution in [2.24, 2.45) is 0 Å². The lowest BCUT2D eigenvalue weighted by atomic mass is 10.0. The van der Waals surface area contributed by atoms with E-state index in [-0.39, 0.29) is 0 Å². The molecule has 1 fully saturated rings. The van der Waals surface area contributed by atoms with Gasteiger partial charge in [-0.1, -0.05) is 32.6 Å². The summed E-state index contributed by atoms with van der Waals surface area (Å²) in [5, 5.41) is 9.22. The van der Waals surface area contributed by atoms with E-state index in [1.165, 1.54) is 58.0 Å². The molecule has 0 radical (unpaired) electrons. The Morgan fingerprint density at radius 3 is 2.79 bits per heavy atom. The average molecular weight is 199 g/mol. The highest BCUT2D eigenvalue weighted by atomic mass is 16.3. The summed E-state index contributed by atoms with van der Waals surface area (Å²) < 4.78 is 0. The molecule has 0 bridgehead atoms. The van der Waals surface area contributed by atoms with E-state index in [0.717, 1.165) is 0 Å². The number of unbranched alkanes of at least 4 members (excludes halogenated alkanes) is 3. The van der Waals surface area contributed by atoms with Gasteiger partial charge in [-0.3, -0.25) is 4.90 Å². The standard InChI is InChI=1S/C12H25NO/c1-2-3-4-6-9-13-10-7-5-8-12(13)11-14/h12,14H,2-11H2,1H3. The molecule has 1 aliphatic rings. The smallest absolute Gasteiger partial charge is 0.0586 e. The fourth-order valence-electron chi connectivity index (χ4n) is 2.30. The first-order chi connectivity index (χ1) is 6.88. The number of aliphatic hydroxyl groups excluding tert-OH is 1. The second-order valence-corrected chi connectivity index (χ2v) is 4.43. The first kappa shape index (κ1) is 12.0. The van der Waals surface area contributed by atoms with Gasteiger partial charge in [-0.05, 0) is 32.4 Å². The largest absolute Gasteiger partial charge is 0.395 e. The summed E-state index contributed by atoms with van der Waals surface area (Å²) >= 11 is 0. The molecule has 1 atom stereocenters. The van der Waals surface area contributed by atoms with E-state index in [0.29, 0.717) is 12.6 Å². The molecule has 1 unspecified atom stereocenters. The number of piperidine rings is 1. The van der Waals surface area contributed by atoms with Crippen LogP contribution < -0.4 is 0 Å². The van der Waals surface area contributed by atoms with E-state index in [1.807, 2.05) is 0 Å². The molecule has 2 nitrogen and oxygen atoms in total. The van der Waals surface area contributed by atoms with Gasteiger partial charge in [0.25, 0.3) is 0 Å². The van der Waals surface area contributed by atoms with Crippen molar-refractivity contribution in [3.63, 3.8) is 0 Å². The maximum atomic E-state index is 9.22. The van der Waals surface area contributed by atoms with Crippen molar-refractivity contribution >= 4 is 0 Å². The first-order valence-corrected chi connectivity index (χ1v) is 6.23. The summed E-state index contributed by atoms with van der Waals surface area (Å²) in [6, 6.07) is 0.463. The normalized spacial score (nSPS) is 24.0. The van der Waals surface area contributed by atoms with Crippen LogP contribution in [0.1, 0.15) is 51.9 Å². The summed E-state index contributed by atoms with van der Waals surface area (Å²) in [6.07, 6.45) is 9.15. The van der Waals surface area contributed by atoms with E-state index in [9.17, 15) is 5.11 Å². The number of aliphatic hydroxyl groups is 1. The molecule has 0 saturated carbocycles. The Balaban J connectivity index is 2.13. The number of nitrogens with zero attached hydrogens (tertiary/aromatic N) is 1. The number of likely N-dealkylation sites (tertiary alicyclic amines) is 1. The zero-order chi connectivity index (χ0) is 10.2. The minimum atomic E-state index is 0.355. The minimum absolute atomic E-state index is 0.355. The summed E-state index contributed by atoms with van der Waals surface area (Å²) in [5.41, 5.74) is 0. The third-order valence-electron chi connectivity index (χ3n) is 3.26. The molecule has 0 spiro atoms. The van der Waals surface area contributed by atoms with E-state index >= 15 is 0 Å². The maximum absolute atomic E-state index is 9.22. The van der Waals surface area contributed by atoms with Crippen molar-refractivity contribution < 1.29 is 5.11 Å². The van der Waals surface area contributed by atoms with Crippen molar-refractivity contribution in [2.45, 2.75) is 57.9 Å². The molecular formula is C12H25NO. The molecule has 84 valence electrons. The Morgan fingerprint density at radius 2 is 2.07 bits per heavy atom. The lowest BCUT2D eigenvalue weighted by Crippen LogP contribution is -2.42. The van der Waals surface area contributed by atoms with Crippen LogP contribution in [0.5, 0.6) is 0 Å². The molecule has 0 aromatic rings. The summed E-state index contributed by atoms with van der Waals surface area (Å²) in [4.78, 5) is 2.49. The Labute approximate surface area is 88.3 Å². The highest BCUT2D eigenvalue weighted by Crippen LogP contribution is 2.17. The van der Waals surface area contributed by atoms with Crippen LogP contribution in [0.2, 0.25) is 0 Å². The van der Waals surface area contributed by atoms with Crippen molar-refractivity contribution in [1.29, 1.82) is 0 Å². The van der Waals surface area contributed by atoms with Crippen LogP contribution in [0.3, 0.4) is 0 Å². The van der Waals surface area contributed by atoms with Crippen molar-refractivity contribution in [1.82, 2.24) is 4.90 Å². The van der Waals surface area contributed by atoms with Crippen LogP contribution in [0.15, 0.2) is 0 Å². The minimum Gasteiger partial charge on any atom is -0.395 e. The van der Waals surface area contributed by atoms with Crippen LogP contribution >= 0.6 is 0 Å². The lowest BCUT2D eigenvalue weighted by Gasteiger charge is -2.34. The topological polar surface area (TPSA) is 23.5 Å². The second-order valence-electron chi connectivity index (χ2n) is 4.43.